The van der Waals surface area contributed by atoms with Crippen LogP contribution in [0.5, 0.6) is 11.5 Å². The van der Waals surface area contributed by atoms with Crippen molar-refractivity contribution in [3.63, 3.8) is 0 Å². The second-order valence-electron chi connectivity index (χ2n) is 5.03. The Labute approximate surface area is 154 Å². The van der Waals surface area contributed by atoms with Crippen molar-refractivity contribution in [1.82, 2.24) is 5.32 Å². The maximum absolute atomic E-state index is 8.81. The van der Waals surface area contributed by atoms with Gasteiger partial charge in [-0.3, -0.25) is 0 Å². The molecule has 0 heterocycles. The molecule has 0 spiro atoms. The van der Waals surface area contributed by atoms with Crippen molar-refractivity contribution in [1.29, 1.82) is 0 Å². The Hall–Kier alpha value is -1.46. The summed E-state index contributed by atoms with van der Waals surface area (Å²) in [6.07, 6.45) is 0. The zero-order chi connectivity index (χ0) is 16.5. The van der Waals surface area contributed by atoms with Gasteiger partial charge >= 0.3 is 0 Å². The molecule has 24 heavy (non-hydrogen) atoms. The van der Waals surface area contributed by atoms with Gasteiger partial charge in [0.15, 0.2) is 11.5 Å². The fraction of sp³-hybridized carbons (Fsp3) is 0.333. The predicted molar refractivity (Wildman–Crippen MR) is 99.4 cm³/mol. The second-order valence-corrected chi connectivity index (χ2v) is 5.47. The lowest BCUT2D eigenvalue weighted by Gasteiger charge is -2.14. The molecular weight excluding hydrogens is 349 g/mol. The van der Waals surface area contributed by atoms with E-state index in [0.29, 0.717) is 37.1 Å². The monoisotopic (exact) mass is 371 g/mol. The molecule has 6 heteroatoms. The van der Waals surface area contributed by atoms with Gasteiger partial charge in [-0.15, -0.1) is 12.4 Å². The standard InChI is InChI=1S/C18H22ClNO3.ClH/c1-2-22-18-11-15(12-20-9-10-21)5-8-17(18)23-13-14-3-6-16(19)7-4-14;/h3-8,11,20-21H,2,9-10,12-13H2,1H3;1H. The summed E-state index contributed by atoms with van der Waals surface area (Å²) < 4.78 is 11.5. The van der Waals surface area contributed by atoms with Gasteiger partial charge in [-0.05, 0) is 42.3 Å². The molecule has 0 fully saturated rings. The van der Waals surface area contributed by atoms with E-state index in [2.05, 4.69) is 5.32 Å². The molecule has 0 aliphatic rings. The van der Waals surface area contributed by atoms with Crippen molar-refractivity contribution < 1.29 is 14.6 Å². The molecule has 0 atom stereocenters. The summed E-state index contributed by atoms with van der Waals surface area (Å²) in [6, 6.07) is 13.4. The van der Waals surface area contributed by atoms with Crippen LogP contribution in [0.3, 0.4) is 0 Å². The summed E-state index contributed by atoms with van der Waals surface area (Å²) >= 11 is 5.88. The van der Waals surface area contributed by atoms with E-state index < -0.39 is 0 Å². The van der Waals surface area contributed by atoms with Gasteiger partial charge in [0.05, 0.1) is 13.2 Å². The number of hydrogen-bond donors (Lipinski definition) is 2. The lowest BCUT2D eigenvalue weighted by Crippen LogP contribution is -2.17. The van der Waals surface area contributed by atoms with Crippen LogP contribution in [-0.2, 0) is 13.2 Å². The normalized spacial score (nSPS) is 10.1. The topological polar surface area (TPSA) is 50.7 Å². The first kappa shape index (κ1) is 20.6. The molecule has 2 N–H and O–H groups in total. The van der Waals surface area contributed by atoms with Crippen LogP contribution in [0, 0.1) is 0 Å². The Bertz CT molecular complexity index is 606. The molecule has 0 amide bonds. The van der Waals surface area contributed by atoms with Crippen LogP contribution < -0.4 is 14.8 Å². The van der Waals surface area contributed by atoms with Crippen molar-refractivity contribution in [2.24, 2.45) is 0 Å². The van der Waals surface area contributed by atoms with Gasteiger partial charge in [0.1, 0.15) is 6.61 Å². The van der Waals surface area contributed by atoms with Crippen molar-refractivity contribution in [2.75, 3.05) is 19.8 Å². The highest BCUT2D eigenvalue weighted by molar-refractivity contribution is 6.30. The summed E-state index contributed by atoms with van der Waals surface area (Å²) in [5.41, 5.74) is 2.13. The molecular formula is C18H23Cl2NO3. The number of aliphatic hydroxyl groups excluding tert-OH is 1. The zero-order valence-corrected chi connectivity index (χ0v) is 15.2. The first-order chi connectivity index (χ1) is 11.2. The molecule has 4 nitrogen and oxygen atoms in total. The molecule has 2 rings (SSSR count). The van der Waals surface area contributed by atoms with Crippen molar-refractivity contribution in [2.45, 2.75) is 20.1 Å². The lowest BCUT2D eigenvalue weighted by atomic mass is 10.2. The number of rotatable bonds is 9. The molecule has 2 aromatic carbocycles. The van der Waals surface area contributed by atoms with Crippen molar-refractivity contribution in [3.05, 3.63) is 58.6 Å². The number of halogens is 2. The van der Waals surface area contributed by atoms with Gasteiger partial charge in [-0.25, -0.2) is 0 Å². The molecule has 132 valence electrons. The fourth-order valence-electron chi connectivity index (χ4n) is 2.10. The smallest absolute Gasteiger partial charge is 0.161 e. The van der Waals surface area contributed by atoms with E-state index in [1.807, 2.05) is 49.4 Å². The minimum Gasteiger partial charge on any atom is -0.490 e. The highest BCUT2D eigenvalue weighted by atomic mass is 35.5. The molecule has 0 unspecified atom stereocenters. The van der Waals surface area contributed by atoms with Gasteiger partial charge < -0.3 is 19.9 Å². The Morgan fingerprint density at radius 2 is 1.71 bits per heavy atom. The van der Waals surface area contributed by atoms with Crippen LogP contribution in [0.1, 0.15) is 18.1 Å². The van der Waals surface area contributed by atoms with Crippen LogP contribution in [0.25, 0.3) is 0 Å². The zero-order valence-electron chi connectivity index (χ0n) is 13.6. The highest BCUT2D eigenvalue weighted by Gasteiger charge is 2.07. The predicted octanol–water partition coefficient (Wildman–Crippen LogP) is 3.82. The van der Waals surface area contributed by atoms with Crippen LogP contribution in [-0.4, -0.2) is 24.9 Å². The third-order valence-electron chi connectivity index (χ3n) is 3.23. The SMILES string of the molecule is CCOc1cc(CNCCO)ccc1OCc1ccc(Cl)cc1.Cl. The quantitative estimate of drug-likeness (QED) is 0.657. The van der Waals surface area contributed by atoms with Gasteiger partial charge in [-0.1, -0.05) is 29.8 Å². The largest absolute Gasteiger partial charge is 0.490 e. The first-order valence-corrected chi connectivity index (χ1v) is 8.05. The molecule has 0 aromatic heterocycles. The third-order valence-corrected chi connectivity index (χ3v) is 3.49. The molecule has 2 aromatic rings. The van der Waals surface area contributed by atoms with Crippen LogP contribution in [0.4, 0.5) is 0 Å². The maximum atomic E-state index is 8.81. The van der Waals surface area contributed by atoms with Crippen LogP contribution in [0.2, 0.25) is 5.02 Å². The molecule has 0 aliphatic heterocycles. The third kappa shape index (κ3) is 6.57. The molecule has 0 aliphatic carbocycles. The summed E-state index contributed by atoms with van der Waals surface area (Å²) in [6.45, 7) is 4.35. The molecule has 0 bridgehead atoms. The fourth-order valence-corrected chi connectivity index (χ4v) is 2.23. The lowest BCUT2D eigenvalue weighted by molar-refractivity contribution is 0.269. The Kier molecular flexibility index (Phi) is 9.57. The second kappa shape index (κ2) is 11.2. The van der Waals surface area contributed by atoms with Crippen LogP contribution >= 0.6 is 24.0 Å². The van der Waals surface area contributed by atoms with Gasteiger partial charge in [-0.2, -0.15) is 0 Å². The number of benzene rings is 2. The van der Waals surface area contributed by atoms with E-state index in [0.717, 1.165) is 16.9 Å². The summed E-state index contributed by atoms with van der Waals surface area (Å²) in [5, 5.41) is 12.7. The highest BCUT2D eigenvalue weighted by Crippen LogP contribution is 2.29. The van der Waals surface area contributed by atoms with E-state index in [9.17, 15) is 0 Å². The first-order valence-electron chi connectivity index (χ1n) is 7.67. The number of nitrogens with one attached hydrogen (secondary N) is 1. The van der Waals surface area contributed by atoms with Crippen molar-refractivity contribution >= 4 is 24.0 Å². The number of aliphatic hydroxyl groups is 1. The van der Waals surface area contributed by atoms with E-state index in [4.69, 9.17) is 26.2 Å². The van der Waals surface area contributed by atoms with Crippen molar-refractivity contribution in [3.8, 4) is 11.5 Å². The van der Waals surface area contributed by atoms with Gasteiger partial charge in [0.25, 0.3) is 0 Å². The molecule has 0 saturated heterocycles. The Morgan fingerprint density at radius 3 is 2.38 bits per heavy atom. The minimum atomic E-state index is 0. The van der Waals surface area contributed by atoms with E-state index in [1.165, 1.54) is 0 Å². The Morgan fingerprint density at radius 1 is 1.00 bits per heavy atom. The number of ether oxygens (including phenoxy) is 2. The van der Waals surface area contributed by atoms with E-state index in [1.54, 1.807) is 0 Å². The summed E-state index contributed by atoms with van der Waals surface area (Å²) in [7, 11) is 0. The summed E-state index contributed by atoms with van der Waals surface area (Å²) in [5.74, 6) is 1.44. The minimum absolute atomic E-state index is 0. The average molecular weight is 372 g/mol. The van der Waals surface area contributed by atoms with Gasteiger partial charge in [0.2, 0.25) is 0 Å². The van der Waals surface area contributed by atoms with E-state index in [-0.39, 0.29) is 19.0 Å². The van der Waals surface area contributed by atoms with Gasteiger partial charge in [0, 0.05) is 18.1 Å². The molecule has 0 radical (unpaired) electrons. The average Bonchev–Trinajstić information content (AvgIpc) is 2.56. The summed E-state index contributed by atoms with van der Waals surface area (Å²) in [4.78, 5) is 0. The Balaban J connectivity index is 0.00000288. The number of hydrogen-bond acceptors (Lipinski definition) is 4. The maximum Gasteiger partial charge on any atom is 0.161 e. The van der Waals surface area contributed by atoms with E-state index >= 15 is 0 Å². The van der Waals surface area contributed by atoms with Crippen LogP contribution in [0.15, 0.2) is 42.5 Å². The molecule has 0 saturated carbocycles.